The predicted molar refractivity (Wildman–Crippen MR) is 86.5 cm³/mol. The summed E-state index contributed by atoms with van der Waals surface area (Å²) in [7, 11) is 0. The fourth-order valence-electron chi connectivity index (χ4n) is 1.74. The van der Waals surface area contributed by atoms with Crippen molar-refractivity contribution in [2.45, 2.75) is 13.8 Å². The van der Waals surface area contributed by atoms with Crippen LogP contribution in [0.25, 0.3) is 11.1 Å². The average molecular weight is 262 g/mol. The average Bonchev–Trinajstić information content (AvgIpc) is 2.46. The number of nitrogens with zero attached hydrogens (tertiary/aromatic N) is 2. The number of hydrogen-bond donors (Lipinski definition) is 0. The Morgan fingerprint density at radius 2 is 0.950 bits per heavy atom. The first-order chi connectivity index (χ1) is 9.56. The molecule has 0 aliphatic carbocycles. The van der Waals surface area contributed by atoms with E-state index in [1.54, 1.807) is 0 Å². The van der Waals surface area contributed by atoms with E-state index in [2.05, 4.69) is 23.4 Å². The Hall–Kier alpha value is -2.48. The van der Waals surface area contributed by atoms with Gasteiger partial charge in [0.2, 0.25) is 0 Å². The van der Waals surface area contributed by atoms with Gasteiger partial charge in [0.1, 0.15) is 0 Å². The third-order valence-corrected chi connectivity index (χ3v) is 3.00. The molecule has 2 nitrogen and oxygen atoms in total. The Balaban J connectivity index is 2.12. The zero-order valence-corrected chi connectivity index (χ0v) is 11.9. The van der Waals surface area contributed by atoms with Gasteiger partial charge in [-0.15, -0.1) is 0 Å². The summed E-state index contributed by atoms with van der Waals surface area (Å²) in [5.74, 6) is 0. The van der Waals surface area contributed by atoms with Gasteiger partial charge in [0.05, 0.1) is 11.4 Å². The SMILES string of the molecule is C=C(C)c1ccc(N=Nc2ccc(C(=C)C)cc2)cc1. The molecule has 2 aromatic rings. The van der Waals surface area contributed by atoms with Crippen molar-refractivity contribution in [2.75, 3.05) is 0 Å². The largest absolute Gasteiger partial charge is 0.151 e. The summed E-state index contributed by atoms with van der Waals surface area (Å²) >= 11 is 0. The highest BCUT2D eigenvalue weighted by Gasteiger charge is 1.95. The fourth-order valence-corrected chi connectivity index (χ4v) is 1.74. The van der Waals surface area contributed by atoms with Crippen LogP contribution in [0.3, 0.4) is 0 Å². The normalized spacial score (nSPS) is 10.7. The van der Waals surface area contributed by atoms with Gasteiger partial charge in [0.15, 0.2) is 0 Å². The van der Waals surface area contributed by atoms with E-state index in [1.165, 1.54) is 0 Å². The molecule has 20 heavy (non-hydrogen) atoms. The lowest BCUT2D eigenvalue weighted by atomic mass is 10.1. The van der Waals surface area contributed by atoms with Crippen molar-refractivity contribution in [2.24, 2.45) is 10.2 Å². The Morgan fingerprint density at radius 1 is 0.650 bits per heavy atom. The lowest BCUT2D eigenvalue weighted by Crippen LogP contribution is -1.76. The van der Waals surface area contributed by atoms with Crippen LogP contribution in [0.5, 0.6) is 0 Å². The highest BCUT2D eigenvalue weighted by Crippen LogP contribution is 2.22. The minimum Gasteiger partial charge on any atom is -0.151 e. The van der Waals surface area contributed by atoms with E-state index in [-0.39, 0.29) is 0 Å². The molecule has 2 rings (SSSR count). The Bertz CT molecular complexity index is 587. The summed E-state index contributed by atoms with van der Waals surface area (Å²) in [6.07, 6.45) is 0. The van der Waals surface area contributed by atoms with E-state index in [4.69, 9.17) is 0 Å². The molecule has 100 valence electrons. The second-order valence-corrected chi connectivity index (χ2v) is 4.85. The molecule has 0 fully saturated rings. The van der Waals surface area contributed by atoms with Crippen molar-refractivity contribution in [3.63, 3.8) is 0 Å². The van der Waals surface area contributed by atoms with Crippen molar-refractivity contribution in [3.8, 4) is 0 Å². The number of hydrogen-bond acceptors (Lipinski definition) is 2. The van der Waals surface area contributed by atoms with E-state index in [1.807, 2.05) is 62.4 Å². The maximum absolute atomic E-state index is 4.22. The molecule has 0 bridgehead atoms. The molecule has 0 amide bonds. The van der Waals surface area contributed by atoms with Crippen LogP contribution in [-0.4, -0.2) is 0 Å². The van der Waals surface area contributed by atoms with Crippen molar-refractivity contribution in [1.82, 2.24) is 0 Å². The summed E-state index contributed by atoms with van der Waals surface area (Å²) in [5, 5.41) is 8.45. The summed E-state index contributed by atoms with van der Waals surface area (Å²) < 4.78 is 0. The second kappa shape index (κ2) is 6.11. The first kappa shape index (κ1) is 13.9. The summed E-state index contributed by atoms with van der Waals surface area (Å²) in [6, 6.07) is 15.8. The zero-order valence-electron chi connectivity index (χ0n) is 11.9. The van der Waals surface area contributed by atoms with E-state index >= 15 is 0 Å². The molecule has 0 spiro atoms. The molecule has 0 saturated carbocycles. The lowest BCUT2D eigenvalue weighted by Gasteiger charge is -2.00. The highest BCUT2D eigenvalue weighted by molar-refractivity contribution is 5.63. The van der Waals surface area contributed by atoms with Gasteiger partial charge in [0.25, 0.3) is 0 Å². The van der Waals surface area contributed by atoms with Crippen molar-refractivity contribution in [1.29, 1.82) is 0 Å². The van der Waals surface area contributed by atoms with Gasteiger partial charge in [-0.3, -0.25) is 0 Å². The van der Waals surface area contributed by atoms with Gasteiger partial charge in [-0.25, -0.2) is 0 Å². The molecule has 0 heterocycles. The fraction of sp³-hybridized carbons (Fsp3) is 0.111. The quantitative estimate of drug-likeness (QED) is 0.589. The zero-order chi connectivity index (χ0) is 14.5. The molecule has 0 saturated heterocycles. The standard InChI is InChI=1S/C18H18N2/c1-13(2)15-5-9-17(10-6-15)19-20-18-11-7-16(8-12-18)14(3)4/h5-12H,1,3H2,2,4H3. The van der Waals surface area contributed by atoms with Crippen LogP contribution in [0.15, 0.2) is 71.9 Å². The lowest BCUT2D eigenvalue weighted by molar-refractivity contribution is 1.23. The third kappa shape index (κ3) is 3.51. The molecule has 0 aliphatic heterocycles. The molecule has 0 atom stereocenters. The van der Waals surface area contributed by atoms with Crippen LogP contribution in [0.1, 0.15) is 25.0 Å². The Kier molecular flexibility index (Phi) is 4.26. The number of benzene rings is 2. The number of allylic oxidation sites excluding steroid dienone is 2. The molecule has 0 unspecified atom stereocenters. The molecule has 0 aliphatic rings. The molecule has 0 N–H and O–H groups in total. The van der Waals surface area contributed by atoms with Crippen molar-refractivity contribution >= 4 is 22.5 Å². The smallest absolute Gasteiger partial charge is 0.0857 e. The van der Waals surface area contributed by atoms with Gasteiger partial charge in [-0.05, 0) is 49.2 Å². The maximum atomic E-state index is 4.22. The summed E-state index contributed by atoms with van der Waals surface area (Å²) in [4.78, 5) is 0. The first-order valence-corrected chi connectivity index (χ1v) is 6.50. The predicted octanol–water partition coefficient (Wildman–Crippen LogP) is 6.17. The molecule has 0 aromatic heterocycles. The number of azo groups is 1. The van der Waals surface area contributed by atoms with Gasteiger partial charge >= 0.3 is 0 Å². The maximum Gasteiger partial charge on any atom is 0.0857 e. The van der Waals surface area contributed by atoms with Gasteiger partial charge in [0, 0.05) is 0 Å². The molecule has 0 radical (unpaired) electrons. The van der Waals surface area contributed by atoms with Crippen LogP contribution in [0.4, 0.5) is 11.4 Å². The minimum absolute atomic E-state index is 0.832. The third-order valence-electron chi connectivity index (χ3n) is 3.00. The minimum atomic E-state index is 0.832. The van der Waals surface area contributed by atoms with Gasteiger partial charge in [-0.2, -0.15) is 10.2 Å². The summed E-state index contributed by atoms with van der Waals surface area (Å²) in [5.41, 5.74) is 6.00. The first-order valence-electron chi connectivity index (χ1n) is 6.50. The topological polar surface area (TPSA) is 24.7 Å². The molecular formula is C18H18N2. The van der Waals surface area contributed by atoms with E-state index < -0.39 is 0 Å². The monoisotopic (exact) mass is 262 g/mol. The van der Waals surface area contributed by atoms with E-state index in [0.717, 1.165) is 33.6 Å². The molecular weight excluding hydrogens is 244 g/mol. The van der Waals surface area contributed by atoms with E-state index in [0.29, 0.717) is 0 Å². The van der Waals surface area contributed by atoms with Crippen LogP contribution in [-0.2, 0) is 0 Å². The molecule has 2 aromatic carbocycles. The second-order valence-electron chi connectivity index (χ2n) is 4.85. The van der Waals surface area contributed by atoms with Crippen LogP contribution in [0, 0.1) is 0 Å². The highest BCUT2D eigenvalue weighted by atomic mass is 15.1. The molecule has 2 heteroatoms. The number of rotatable bonds is 4. The Morgan fingerprint density at radius 3 is 1.20 bits per heavy atom. The van der Waals surface area contributed by atoms with Crippen molar-refractivity contribution < 1.29 is 0 Å². The van der Waals surface area contributed by atoms with Crippen LogP contribution in [0.2, 0.25) is 0 Å². The van der Waals surface area contributed by atoms with Crippen LogP contribution < -0.4 is 0 Å². The van der Waals surface area contributed by atoms with Gasteiger partial charge in [-0.1, -0.05) is 48.6 Å². The van der Waals surface area contributed by atoms with Gasteiger partial charge < -0.3 is 0 Å². The van der Waals surface area contributed by atoms with E-state index in [9.17, 15) is 0 Å². The summed E-state index contributed by atoms with van der Waals surface area (Å²) in [6.45, 7) is 11.8. The Labute approximate surface area is 120 Å². The van der Waals surface area contributed by atoms with Crippen molar-refractivity contribution in [3.05, 3.63) is 72.8 Å². The van der Waals surface area contributed by atoms with Crippen LogP contribution >= 0.6 is 0 Å².